The largest absolute Gasteiger partial charge is 0.381 e. The molecule has 1 aromatic rings. The molecule has 3 rings (SSSR count). The van der Waals surface area contributed by atoms with E-state index in [0.29, 0.717) is 17.9 Å². The highest BCUT2D eigenvalue weighted by molar-refractivity contribution is 7.87. The van der Waals surface area contributed by atoms with Crippen LogP contribution in [0.4, 0.5) is 4.79 Å². The predicted molar refractivity (Wildman–Crippen MR) is 92.3 cm³/mol. The van der Waals surface area contributed by atoms with Crippen LogP contribution in [-0.4, -0.2) is 43.1 Å². The number of urea groups is 1. The first-order valence-electron chi connectivity index (χ1n) is 7.74. The lowest BCUT2D eigenvalue weighted by molar-refractivity contribution is -0.130. The van der Waals surface area contributed by atoms with E-state index < -0.39 is 27.4 Å². The minimum Gasteiger partial charge on any atom is -0.381 e. The summed E-state index contributed by atoms with van der Waals surface area (Å²) in [5.74, 6) is -0.952. The third-order valence-electron chi connectivity index (χ3n) is 4.38. The fourth-order valence-electron chi connectivity index (χ4n) is 3.12. The molecule has 0 unspecified atom stereocenters. The molecular formula is C15H16Cl2N2O5S. The first-order chi connectivity index (χ1) is 11.7. The SMILES string of the molecule is O=C1NC2(CCCC2)C(=O)N1CCS(=O)(=O)Oc1ccc(Cl)cc1Cl. The zero-order valence-electron chi connectivity index (χ0n) is 13.1. The van der Waals surface area contributed by atoms with Gasteiger partial charge in [0.15, 0.2) is 5.75 Å². The molecule has 1 heterocycles. The summed E-state index contributed by atoms with van der Waals surface area (Å²) in [5, 5.41) is 3.09. The zero-order valence-corrected chi connectivity index (χ0v) is 15.5. The quantitative estimate of drug-likeness (QED) is 0.598. The molecule has 1 saturated carbocycles. The molecule has 7 nitrogen and oxygen atoms in total. The van der Waals surface area contributed by atoms with Crippen molar-refractivity contribution in [1.82, 2.24) is 10.2 Å². The van der Waals surface area contributed by atoms with Crippen molar-refractivity contribution in [2.75, 3.05) is 12.3 Å². The Morgan fingerprint density at radius 3 is 2.52 bits per heavy atom. The van der Waals surface area contributed by atoms with Crippen LogP contribution in [0.25, 0.3) is 0 Å². The molecule has 25 heavy (non-hydrogen) atoms. The van der Waals surface area contributed by atoms with E-state index in [2.05, 4.69) is 5.32 Å². The Morgan fingerprint density at radius 1 is 1.20 bits per heavy atom. The van der Waals surface area contributed by atoms with Gasteiger partial charge in [-0.3, -0.25) is 9.69 Å². The monoisotopic (exact) mass is 406 g/mol. The molecule has 0 bridgehead atoms. The minimum atomic E-state index is -4.04. The fraction of sp³-hybridized carbons (Fsp3) is 0.467. The van der Waals surface area contributed by atoms with Gasteiger partial charge in [-0.1, -0.05) is 36.0 Å². The van der Waals surface area contributed by atoms with Crippen LogP contribution in [0.5, 0.6) is 5.75 Å². The molecule has 2 aliphatic rings. The summed E-state index contributed by atoms with van der Waals surface area (Å²) in [6.07, 6.45) is 2.88. The molecule has 1 aliphatic heterocycles. The van der Waals surface area contributed by atoms with E-state index in [-0.39, 0.29) is 23.2 Å². The van der Waals surface area contributed by atoms with Gasteiger partial charge in [0.25, 0.3) is 5.91 Å². The van der Waals surface area contributed by atoms with Crippen LogP contribution in [-0.2, 0) is 14.9 Å². The molecule has 1 aromatic carbocycles. The summed E-state index contributed by atoms with van der Waals surface area (Å²) in [5.41, 5.74) is -0.860. The number of imide groups is 1. The van der Waals surface area contributed by atoms with E-state index in [1.54, 1.807) is 0 Å². The third-order valence-corrected chi connectivity index (χ3v) is 6.03. The molecule has 0 aromatic heterocycles. The maximum atomic E-state index is 12.5. The van der Waals surface area contributed by atoms with E-state index in [0.717, 1.165) is 17.7 Å². The Bertz CT molecular complexity index is 821. The molecule has 3 amide bonds. The van der Waals surface area contributed by atoms with Gasteiger partial charge in [-0.25, -0.2) is 4.79 Å². The van der Waals surface area contributed by atoms with Crippen molar-refractivity contribution in [3.8, 4) is 5.75 Å². The lowest BCUT2D eigenvalue weighted by Crippen LogP contribution is -2.44. The highest BCUT2D eigenvalue weighted by atomic mass is 35.5. The summed E-state index contributed by atoms with van der Waals surface area (Å²) in [6, 6.07) is 3.57. The second kappa shape index (κ2) is 6.66. The number of carbonyl (C=O) groups excluding carboxylic acids is 2. The molecule has 1 saturated heterocycles. The number of hydrogen-bond donors (Lipinski definition) is 1. The summed E-state index contributed by atoms with van der Waals surface area (Å²) < 4.78 is 29.2. The molecule has 0 atom stereocenters. The molecular weight excluding hydrogens is 391 g/mol. The van der Waals surface area contributed by atoms with Crippen LogP contribution in [0.1, 0.15) is 25.7 Å². The Hall–Kier alpha value is -1.51. The molecule has 136 valence electrons. The number of halogens is 2. The number of carbonyl (C=O) groups is 2. The third kappa shape index (κ3) is 3.70. The van der Waals surface area contributed by atoms with Crippen LogP contribution in [0, 0.1) is 0 Å². The van der Waals surface area contributed by atoms with Crippen molar-refractivity contribution in [2.45, 2.75) is 31.2 Å². The second-order valence-corrected chi connectivity index (χ2v) is 8.63. The Morgan fingerprint density at radius 2 is 1.88 bits per heavy atom. The van der Waals surface area contributed by atoms with E-state index in [1.165, 1.54) is 18.2 Å². The van der Waals surface area contributed by atoms with Crippen molar-refractivity contribution in [3.63, 3.8) is 0 Å². The van der Waals surface area contributed by atoms with Crippen LogP contribution in [0.2, 0.25) is 10.0 Å². The maximum Gasteiger partial charge on any atom is 0.325 e. The Kier molecular flexibility index (Phi) is 4.87. The maximum absolute atomic E-state index is 12.5. The van der Waals surface area contributed by atoms with Crippen LogP contribution in [0.3, 0.4) is 0 Å². The summed E-state index contributed by atoms with van der Waals surface area (Å²) in [7, 11) is -4.04. The number of rotatable bonds is 5. The van der Waals surface area contributed by atoms with Crippen LogP contribution < -0.4 is 9.50 Å². The average Bonchev–Trinajstić information content (AvgIpc) is 3.07. The van der Waals surface area contributed by atoms with E-state index in [4.69, 9.17) is 27.4 Å². The average molecular weight is 407 g/mol. The fourth-order valence-corrected chi connectivity index (χ4v) is 4.52. The molecule has 1 aliphatic carbocycles. The van der Waals surface area contributed by atoms with Crippen molar-refractivity contribution < 1.29 is 22.2 Å². The molecule has 1 N–H and O–H groups in total. The Labute approximate surface area is 155 Å². The lowest BCUT2D eigenvalue weighted by atomic mass is 9.98. The van der Waals surface area contributed by atoms with Gasteiger partial charge in [0.05, 0.1) is 5.02 Å². The molecule has 0 radical (unpaired) electrons. The van der Waals surface area contributed by atoms with Gasteiger partial charge >= 0.3 is 16.1 Å². The number of benzene rings is 1. The van der Waals surface area contributed by atoms with Crippen molar-refractivity contribution in [3.05, 3.63) is 28.2 Å². The van der Waals surface area contributed by atoms with Gasteiger partial charge in [-0.05, 0) is 31.0 Å². The number of hydrogen-bond acceptors (Lipinski definition) is 5. The van der Waals surface area contributed by atoms with Gasteiger partial charge in [-0.2, -0.15) is 8.42 Å². The second-order valence-electron chi connectivity index (χ2n) is 6.10. The van der Waals surface area contributed by atoms with Crippen molar-refractivity contribution in [2.24, 2.45) is 0 Å². The van der Waals surface area contributed by atoms with Crippen LogP contribution in [0.15, 0.2) is 18.2 Å². The highest BCUT2D eigenvalue weighted by Crippen LogP contribution is 2.35. The molecule has 10 heteroatoms. The molecule has 2 fully saturated rings. The van der Waals surface area contributed by atoms with Gasteiger partial charge in [0.1, 0.15) is 11.3 Å². The van der Waals surface area contributed by atoms with Crippen LogP contribution >= 0.6 is 23.2 Å². The number of amides is 3. The van der Waals surface area contributed by atoms with Crippen molar-refractivity contribution in [1.29, 1.82) is 0 Å². The summed E-state index contributed by atoms with van der Waals surface area (Å²) in [6.45, 7) is -0.278. The molecule has 1 spiro atoms. The Balaban J connectivity index is 1.66. The lowest BCUT2D eigenvalue weighted by Gasteiger charge is -2.20. The number of nitrogens with one attached hydrogen (secondary N) is 1. The summed E-state index contributed by atoms with van der Waals surface area (Å²) >= 11 is 11.6. The standard InChI is InChI=1S/C15H16Cl2N2O5S/c16-10-3-4-12(11(17)9-10)24-25(22,23)8-7-19-13(20)15(18-14(19)21)5-1-2-6-15/h3-4,9H,1-2,5-8H2,(H,18,21). The first-order valence-corrected chi connectivity index (χ1v) is 10.1. The predicted octanol–water partition coefficient (Wildman–Crippen LogP) is 2.57. The van der Waals surface area contributed by atoms with Gasteiger partial charge in [0.2, 0.25) is 0 Å². The van der Waals surface area contributed by atoms with E-state index >= 15 is 0 Å². The van der Waals surface area contributed by atoms with Gasteiger partial charge in [-0.15, -0.1) is 0 Å². The highest BCUT2D eigenvalue weighted by Gasteiger charge is 2.52. The van der Waals surface area contributed by atoms with E-state index in [1.807, 2.05) is 0 Å². The summed E-state index contributed by atoms with van der Waals surface area (Å²) in [4.78, 5) is 25.5. The first kappa shape index (κ1) is 18.3. The minimum absolute atomic E-state index is 0.0518. The topological polar surface area (TPSA) is 92.8 Å². The zero-order chi connectivity index (χ0) is 18.2. The van der Waals surface area contributed by atoms with Crippen molar-refractivity contribution >= 4 is 45.3 Å². The van der Waals surface area contributed by atoms with E-state index in [9.17, 15) is 18.0 Å². The number of nitrogens with zero attached hydrogens (tertiary/aromatic N) is 1. The normalized spacial score (nSPS) is 19.5. The van der Waals surface area contributed by atoms with Gasteiger partial charge < -0.3 is 9.50 Å². The van der Waals surface area contributed by atoms with Gasteiger partial charge in [0, 0.05) is 11.6 Å². The smallest absolute Gasteiger partial charge is 0.325 e.